The van der Waals surface area contributed by atoms with Crippen molar-refractivity contribution in [2.45, 2.75) is 13.0 Å². The third-order valence-corrected chi connectivity index (χ3v) is 4.94. The normalized spacial score (nSPS) is 11.3. The summed E-state index contributed by atoms with van der Waals surface area (Å²) in [6.45, 7) is 0.592. The molecular weight excluding hydrogens is 398 g/mol. The number of rotatable bonds is 6. The minimum absolute atomic E-state index is 0.0345. The highest BCUT2D eigenvalue weighted by Crippen LogP contribution is 2.32. The Morgan fingerprint density at radius 3 is 2.32 bits per heavy atom. The summed E-state index contributed by atoms with van der Waals surface area (Å²) in [5.41, 5.74) is 10.3. The summed E-state index contributed by atoms with van der Waals surface area (Å²) < 4.78 is 28.5. The maximum Gasteiger partial charge on any atom is 0.174 e. The molecule has 0 amide bonds. The summed E-state index contributed by atoms with van der Waals surface area (Å²) in [4.78, 5) is 7.84. The van der Waals surface area contributed by atoms with Gasteiger partial charge in [-0.2, -0.15) is 10.2 Å². The fraction of sp³-hybridized carbons (Fsp3) is 0.174. The summed E-state index contributed by atoms with van der Waals surface area (Å²) >= 11 is 0. The molecule has 0 aliphatic heterocycles. The van der Waals surface area contributed by atoms with Gasteiger partial charge in [0.25, 0.3) is 0 Å². The van der Waals surface area contributed by atoms with Gasteiger partial charge in [0.05, 0.1) is 12.4 Å². The van der Waals surface area contributed by atoms with Gasteiger partial charge in [-0.3, -0.25) is 0 Å². The number of pyridine rings is 1. The second kappa shape index (κ2) is 8.61. The van der Waals surface area contributed by atoms with Crippen LogP contribution in [0.25, 0.3) is 16.9 Å². The van der Waals surface area contributed by atoms with Gasteiger partial charge in [0.15, 0.2) is 5.82 Å². The molecule has 2 aromatic carbocycles. The first-order valence-corrected chi connectivity index (χ1v) is 9.74. The molecule has 4 aromatic rings. The van der Waals surface area contributed by atoms with Gasteiger partial charge in [-0.15, -0.1) is 4.80 Å². The smallest absolute Gasteiger partial charge is 0.174 e. The lowest BCUT2D eigenvalue weighted by Crippen LogP contribution is -2.13. The van der Waals surface area contributed by atoms with Gasteiger partial charge >= 0.3 is 0 Å². The zero-order valence-corrected chi connectivity index (χ0v) is 17.3. The summed E-state index contributed by atoms with van der Waals surface area (Å²) in [5.74, 6) is -0.555. The molecule has 158 valence electrons. The summed E-state index contributed by atoms with van der Waals surface area (Å²) in [7, 11) is 3.88. The number of nitrogen functional groups attached to an aromatic ring is 1. The van der Waals surface area contributed by atoms with E-state index in [0.717, 1.165) is 22.3 Å². The third-order valence-electron chi connectivity index (χ3n) is 4.94. The number of hydrogen-bond donors (Lipinski definition) is 1. The molecule has 0 aliphatic rings. The van der Waals surface area contributed by atoms with Crippen LogP contribution in [0.1, 0.15) is 16.7 Å². The molecule has 0 saturated carbocycles. The summed E-state index contributed by atoms with van der Waals surface area (Å²) in [5, 5.41) is 8.14. The quantitative estimate of drug-likeness (QED) is 0.480. The topological polar surface area (TPSA) is 72.9 Å². The Balaban J connectivity index is 1.77. The second-order valence-corrected chi connectivity index (χ2v) is 7.55. The molecule has 0 bridgehead atoms. The van der Waals surface area contributed by atoms with Crippen molar-refractivity contribution in [2.75, 3.05) is 19.8 Å². The molecule has 0 unspecified atom stereocenters. The lowest BCUT2D eigenvalue weighted by atomic mass is 9.94. The van der Waals surface area contributed by atoms with Gasteiger partial charge < -0.3 is 10.6 Å². The van der Waals surface area contributed by atoms with Crippen molar-refractivity contribution in [3.05, 3.63) is 89.4 Å². The molecular formula is C23H22F2N6. The Morgan fingerprint density at radius 2 is 1.71 bits per heavy atom. The van der Waals surface area contributed by atoms with Crippen LogP contribution in [0.3, 0.4) is 0 Å². The van der Waals surface area contributed by atoms with E-state index < -0.39 is 11.6 Å². The molecule has 4 rings (SSSR count). The highest BCUT2D eigenvalue weighted by molar-refractivity contribution is 5.79. The number of anilines is 1. The maximum absolute atomic E-state index is 14.2. The monoisotopic (exact) mass is 420 g/mol. The first-order valence-electron chi connectivity index (χ1n) is 9.74. The van der Waals surface area contributed by atoms with Crippen molar-refractivity contribution in [3.63, 3.8) is 0 Å². The average Bonchev–Trinajstić information content (AvgIpc) is 3.28. The lowest BCUT2D eigenvalue weighted by molar-refractivity contribution is 0.403. The first-order chi connectivity index (χ1) is 14.9. The Morgan fingerprint density at radius 1 is 1.00 bits per heavy atom. The summed E-state index contributed by atoms with van der Waals surface area (Å²) in [6, 6.07) is 11.3. The number of nitrogens with zero attached hydrogens (tertiary/aromatic N) is 5. The molecule has 0 radical (unpaired) electrons. The SMILES string of the molecule is CN(C)Cc1cc(Cc2c(F)cccc2F)cc(-c2ccc(-n3nccn3)nc2)c1N. The molecule has 2 heterocycles. The molecule has 0 saturated heterocycles. The molecule has 2 aromatic heterocycles. The van der Waals surface area contributed by atoms with Crippen LogP contribution in [0, 0.1) is 11.6 Å². The number of nitrogens with two attached hydrogens (primary N) is 1. The zero-order valence-electron chi connectivity index (χ0n) is 17.3. The van der Waals surface area contributed by atoms with E-state index in [0.29, 0.717) is 18.1 Å². The van der Waals surface area contributed by atoms with E-state index in [1.54, 1.807) is 24.7 Å². The van der Waals surface area contributed by atoms with Crippen molar-refractivity contribution >= 4 is 5.69 Å². The van der Waals surface area contributed by atoms with Crippen LogP contribution in [0.5, 0.6) is 0 Å². The molecule has 0 atom stereocenters. The Labute approximate surface area is 179 Å². The number of halogens is 2. The predicted octanol–water partition coefficient (Wildman–Crippen LogP) is 3.84. The molecule has 8 heteroatoms. The zero-order chi connectivity index (χ0) is 22.0. The van der Waals surface area contributed by atoms with Crippen molar-refractivity contribution < 1.29 is 8.78 Å². The minimum atomic E-state index is -0.565. The molecule has 0 aliphatic carbocycles. The molecule has 6 nitrogen and oxygen atoms in total. The summed E-state index contributed by atoms with van der Waals surface area (Å²) in [6.07, 6.45) is 4.96. The highest BCUT2D eigenvalue weighted by atomic mass is 19.1. The molecule has 31 heavy (non-hydrogen) atoms. The molecule has 0 fully saturated rings. The van der Waals surface area contributed by atoms with E-state index in [-0.39, 0.29) is 12.0 Å². The van der Waals surface area contributed by atoms with Crippen LogP contribution in [0.15, 0.2) is 61.1 Å². The van der Waals surface area contributed by atoms with Gasteiger partial charge in [0.1, 0.15) is 11.6 Å². The Kier molecular flexibility index (Phi) is 5.73. The highest BCUT2D eigenvalue weighted by Gasteiger charge is 2.15. The van der Waals surface area contributed by atoms with Crippen LogP contribution >= 0.6 is 0 Å². The van der Waals surface area contributed by atoms with Crippen molar-refractivity contribution in [3.8, 4) is 16.9 Å². The Hall–Kier alpha value is -3.65. The number of benzene rings is 2. The van der Waals surface area contributed by atoms with E-state index in [1.165, 1.54) is 23.0 Å². The van der Waals surface area contributed by atoms with Gasteiger partial charge in [-0.25, -0.2) is 13.8 Å². The van der Waals surface area contributed by atoms with Crippen molar-refractivity contribution in [1.82, 2.24) is 24.9 Å². The van der Waals surface area contributed by atoms with E-state index >= 15 is 0 Å². The standard InChI is InChI=1S/C23H22F2N6/c1-30(2)14-17-10-15(12-19-20(24)4-3-5-21(19)25)11-18(23(17)26)16-6-7-22(27-13-16)31-28-8-9-29-31/h3-11,13H,12,14,26H2,1-2H3. The van der Waals surface area contributed by atoms with Gasteiger partial charge in [0.2, 0.25) is 0 Å². The largest absolute Gasteiger partial charge is 0.398 e. The number of aromatic nitrogens is 4. The fourth-order valence-electron chi connectivity index (χ4n) is 3.49. The van der Waals surface area contributed by atoms with Crippen molar-refractivity contribution in [2.24, 2.45) is 0 Å². The first kappa shape index (κ1) is 20.6. The van der Waals surface area contributed by atoms with E-state index in [9.17, 15) is 8.78 Å². The van der Waals surface area contributed by atoms with Crippen molar-refractivity contribution in [1.29, 1.82) is 0 Å². The van der Waals surface area contributed by atoms with Gasteiger partial charge in [-0.1, -0.05) is 12.1 Å². The minimum Gasteiger partial charge on any atom is -0.398 e. The van der Waals surface area contributed by atoms with E-state index in [1.807, 2.05) is 37.2 Å². The van der Waals surface area contributed by atoms with Gasteiger partial charge in [-0.05, 0) is 55.6 Å². The van der Waals surface area contributed by atoms with E-state index in [2.05, 4.69) is 15.2 Å². The third kappa shape index (κ3) is 4.44. The second-order valence-electron chi connectivity index (χ2n) is 7.55. The average molecular weight is 420 g/mol. The van der Waals surface area contributed by atoms with Gasteiger partial charge in [0, 0.05) is 41.5 Å². The Bertz CT molecular complexity index is 1170. The van der Waals surface area contributed by atoms with Crippen LogP contribution in [0.4, 0.5) is 14.5 Å². The fourth-order valence-corrected chi connectivity index (χ4v) is 3.49. The predicted molar refractivity (Wildman–Crippen MR) is 116 cm³/mol. The maximum atomic E-state index is 14.2. The van der Waals surface area contributed by atoms with Crippen LogP contribution in [-0.4, -0.2) is 39.0 Å². The van der Waals surface area contributed by atoms with E-state index in [4.69, 9.17) is 5.73 Å². The van der Waals surface area contributed by atoms with Crippen LogP contribution in [-0.2, 0) is 13.0 Å². The van der Waals surface area contributed by atoms with Crippen LogP contribution < -0.4 is 5.73 Å². The number of hydrogen-bond acceptors (Lipinski definition) is 5. The lowest BCUT2D eigenvalue weighted by Gasteiger charge is -2.18. The van der Waals surface area contributed by atoms with Crippen LogP contribution in [0.2, 0.25) is 0 Å². The molecule has 0 spiro atoms. The molecule has 2 N–H and O–H groups in total.